The molecule has 0 aromatic rings. The molecule has 0 aromatic carbocycles. The van der Waals surface area contributed by atoms with E-state index in [2.05, 4.69) is 12.2 Å². The molecule has 11 heavy (non-hydrogen) atoms. The Labute approximate surface area is 65.9 Å². The van der Waals surface area contributed by atoms with Crippen LogP contribution in [0.25, 0.3) is 0 Å². The lowest BCUT2D eigenvalue weighted by molar-refractivity contribution is -0.126. The maximum absolute atomic E-state index is 11.1. The molecule has 1 fully saturated rings. The highest BCUT2D eigenvalue weighted by molar-refractivity contribution is 5.83. The van der Waals surface area contributed by atoms with Crippen LogP contribution in [0.15, 0.2) is 12.2 Å². The molecule has 3 atom stereocenters. The largest absolute Gasteiger partial charge is 0.389 e. The first kappa shape index (κ1) is 7.04. The summed E-state index contributed by atoms with van der Waals surface area (Å²) in [6.45, 7) is -0.276. The quantitative estimate of drug-likeness (QED) is 0.593. The van der Waals surface area contributed by atoms with Gasteiger partial charge in [0.1, 0.15) is 6.61 Å². The van der Waals surface area contributed by atoms with Gasteiger partial charge in [-0.25, -0.2) is 0 Å². The van der Waals surface area contributed by atoms with Crippen LogP contribution in [-0.4, -0.2) is 17.5 Å². The van der Waals surface area contributed by atoms with Gasteiger partial charge in [-0.2, -0.15) is 0 Å². The van der Waals surface area contributed by atoms with Gasteiger partial charge in [0.2, 0.25) is 0 Å². The third-order valence-corrected chi connectivity index (χ3v) is 2.85. The summed E-state index contributed by atoms with van der Waals surface area (Å²) in [6.07, 6.45) is 6.44. The fourth-order valence-electron chi connectivity index (χ4n) is 2.27. The van der Waals surface area contributed by atoms with Crippen LogP contribution in [-0.2, 0) is 4.79 Å². The van der Waals surface area contributed by atoms with Crippen molar-refractivity contribution in [1.29, 1.82) is 0 Å². The molecule has 0 saturated heterocycles. The second-order valence-electron chi connectivity index (χ2n) is 3.51. The predicted octanol–water partition coefficient (Wildman–Crippen LogP) is 0.760. The van der Waals surface area contributed by atoms with Gasteiger partial charge >= 0.3 is 0 Å². The number of hydrogen-bond acceptors (Lipinski definition) is 2. The Hall–Kier alpha value is -0.630. The van der Waals surface area contributed by atoms with E-state index in [4.69, 9.17) is 5.11 Å². The van der Waals surface area contributed by atoms with Crippen LogP contribution in [0.4, 0.5) is 0 Å². The average molecular weight is 152 g/mol. The number of ketones is 1. The molecule has 1 N–H and O–H groups in total. The van der Waals surface area contributed by atoms with Crippen molar-refractivity contribution < 1.29 is 9.90 Å². The average Bonchev–Trinajstić information content (AvgIpc) is 2.62. The lowest BCUT2D eigenvalue weighted by atomic mass is 9.90. The topological polar surface area (TPSA) is 37.3 Å². The zero-order valence-electron chi connectivity index (χ0n) is 6.36. The molecule has 2 bridgehead atoms. The van der Waals surface area contributed by atoms with Crippen molar-refractivity contribution in [3.63, 3.8) is 0 Å². The first-order valence-corrected chi connectivity index (χ1v) is 4.13. The van der Waals surface area contributed by atoms with E-state index >= 15 is 0 Å². The first-order chi connectivity index (χ1) is 5.31. The smallest absolute Gasteiger partial charge is 0.161 e. The minimum absolute atomic E-state index is 0.0295. The van der Waals surface area contributed by atoms with Crippen molar-refractivity contribution in [3.05, 3.63) is 12.2 Å². The lowest BCUT2D eigenvalue weighted by Gasteiger charge is -2.14. The van der Waals surface area contributed by atoms with Crippen LogP contribution >= 0.6 is 0 Å². The number of fused-ring (bicyclic) bond motifs is 2. The Morgan fingerprint density at radius 3 is 2.73 bits per heavy atom. The Balaban J connectivity index is 2.08. The second kappa shape index (κ2) is 2.45. The molecule has 1 saturated carbocycles. The molecule has 2 nitrogen and oxygen atoms in total. The van der Waals surface area contributed by atoms with Crippen LogP contribution in [0.3, 0.4) is 0 Å². The highest BCUT2D eigenvalue weighted by atomic mass is 16.3. The minimum Gasteiger partial charge on any atom is -0.389 e. The van der Waals surface area contributed by atoms with Crippen LogP contribution in [0.5, 0.6) is 0 Å². The monoisotopic (exact) mass is 152 g/mol. The summed E-state index contributed by atoms with van der Waals surface area (Å²) in [5.74, 6) is 1.23. The summed E-state index contributed by atoms with van der Waals surface area (Å²) >= 11 is 0. The summed E-state index contributed by atoms with van der Waals surface area (Å²) in [5.41, 5.74) is 0. The van der Waals surface area contributed by atoms with Crippen molar-refractivity contribution in [3.8, 4) is 0 Å². The highest BCUT2D eigenvalue weighted by Gasteiger charge is 2.38. The SMILES string of the molecule is O=C(CO)[C@@H]1C[C@@H]2C=C[C@@H]1C2. The summed E-state index contributed by atoms with van der Waals surface area (Å²) in [6, 6.07) is 0. The molecular formula is C9H12O2. The third-order valence-electron chi connectivity index (χ3n) is 2.85. The Morgan fingerprint density at radius 1 is 1.45 bits per heavy atom. The van der Waals surface area contributed by atoms with Crippen molar-refractivity contribution in [2.24, 2.45) is 17.8 Å². The summed E-state index contributed by atoms with van der Waals surface area (Å²) in [7, 11) is 0. The van der Waals surface area contributed by atoms with Gasteiger partial charge in [-0.05, 0) is 24.7 Å². The van der Waals surface area contributed by atoms with E-state index in [1.54, 1.807) is 0 Å². The third kappa shape index (κ3) is 1.02. The van der Waals surface area contributed by atoms with Gasteiger partial charge in [0, 0.05) is 5.92 Å². The molecular weight excluding hydrogens is 140 g/mol. The summed E-state index contributed by atoms with van der Waals surface area (Å²) < 4.78 is 0. The van der Waals surface area contributed by atoms with Crippen LogP contribution < -0.4 is 0 Å². The van der Waals surface area contributed by atoms with E-state index in [1.165, 1.54) is 0 Å². The normalized spacial score (nSPS) is 39.9. The van der Waals surface area contributed by atoms with Crippen LogP contribution in [0, 0.1) is 17.8 Å². The zero-order valence-corrected chi connectivity index (χ0v) is 6.36. The molecule has 0 amide bonds. The molecule has 2 aliphatic rings. The van der Waals surface area contributed by atoms with E-state index in [0.717, 1.165) is 12.8 Å². The molecule has 2 aliphatic carbocycles. The van der Waals surface area contributed by atoms with Gasteiger partial charge in [0.05, 0.1) is 0 Å². The Morgan fingerprint density at radius 2 is 2.27 bits per heavy atom. The van der Waals surface area contributed by atoms with E-state index in [-0.39, 0.29) is 18.3 Å². The minimum atomic E-state index is -0.276. The maximum atomic E-state index is 11.1. The van der Waals surface area contributed by atoms with Crippen LogP contribution in [0.1, 0.15) is 12.8 Å². The Bertz CT molecular complexity index is 208. The molecule has 0 aromatic heterocycles. The number of rotatable bonds is 2. The zero-order chi connectivity index (χ0) is 7.84. The van der Waals surface area contributed by atoms with Gasteiger partial charge in [0.15, 0.2) is 5.78 Å². The van der Waals surface area contributed by atoms with Gasteiger partial charge in [-0.15, -0.1) is 0 Å². The van der Waals surface area contributed by atoms with Crippen LogP contribution in [0.2, 0.25) is 0 Å². The number of hydrogen-bond donors (Lipinski definition) is 1. The summed E-state index contributed by atoms with van der Waals surface area (Å²) in [4.78, 5) is 11.1. The number of aliphatic hydroxyl groups excluding tert-OH is 1. The summed E-state index contributed by atoms with van der Waals surface area (Å²) in [5, 5.41) is 8.65. The van der Waals surface area contributed by atoms with Crippen molar-refractivity contribution in [1.82, 2.24) is 0 Å². The maximum Gasteiger partial charge on any atom is 0.161 e. The number of allylic oxidation sites excluding steroid dienone is 2. The number of carbonyl (C=O) groups excluding carboxylic acids is 1. The number of carbonyl (C=O) groups is 1. The lowest BCUT2D eigenvalue weighted by Crippen LogP contribution is -2.21. The fraction of sp³-hybridized carbons (Fsp3) is 0.667. The van der Waals surface area contributed by atoms with E-state index in [0.29, 0.717) is 11.8 Å². The fourth-order valence-corrected chi connectivity index (χ4v) is 2.27. The van der Waals surface area contributed by atoms with Gasteiger partial charge in [-0.3, -0.25) is 4.79 Å². The highest BCUT2D eigenvalue weighted by Crippen LogP contribution is 2.43. The second-order valence-corrected chi connectivity index (χ2v) is 3.51. The molecule has 2 heteroatoms. The molecule has 0 spiro atoms. The molecule has 2 rings (SSSR count). The van der Waals surface area contributed by atoms with Crippen molar-refractivity contribution >= 4 is 5.78 Å². The number of Topliss-reactive ketones (excluding diaryl/α,β-unsaturated/α-hetero) is 1. The van der Waals surface area contributed by atoms with Gasteiger partial charge in [-0.1, -0.05) is 12.2 Å². The van der Waals surface area contributed by atoms with Crippen molar-refractivity contribution in [2.75, 3.05) is 6.61 Å². The van der Waals surface area contributed by atoms with Crippen molar-refractivity contribution in [2.45, 2.75) is 12.8 Å². The molecule has 0 unspecified atom stereocenters. The van der Waals surface area contributed by atoms with Gasteiger partial charge in [0.25, 0.3) is 0 Å². The van der Waals surface area contributed by atoms with E-state index in [9.17, 15) is 4.79 Å². The van der Waals surface area contributed by atoms with Gasteiger partial charge < -0.3 is 5.11 Å². The Kier molecular flexibility index (Phi) is 1.57. The molecule has 0 aliphatic heterocycles. The van der Waals surface area contributed by atoms with E-state index < -0.39 is 0 Å². The first-order valence-electron chi connectivity index (χ1n) is 4.13. The molecule has 0 radical (unpaired) electrons. The standard InChI is InChI=1S/C9H12O2/c10-5-9(11)8-4-6-1-2-7(8)3-6/h1-2,6-8,10H,3-5H2/t6-,7-,8-/m1/s1. The molecule has 60 valence electrons. The molecule has 0 heterocycles. The van der Waals surface area contributed by atoms with E-state index in [1.807, 2.05) is 0 Å². The number of aliphatic hydroxyl groups is 1. The predicted molar refractivity (Wildman–Crippen MR) is 40.9 cm³/mol.